The average molecular weight is 359 g/mol. The van der Waals surface area contributed by atoms with Crippen LogP contribution >= 0.6 is 23.5 Å². The molecule has 2 unspecified atom stereocenters. The quantitative estimate of drug-likeness (QED) is 0.193. The van der Waals surface area contributed by atoms with Crippen molar-refractivity contribution in [2.45, 2.75) is 51.2 Å². The highest BCUT2D eigenvalue weighted by Gasteiger charge is 2.38. The monoisotopic (exact) mass is 358 g/mol. The number of nitrogens with zero attached hydrogens (tertiary/aromatic N) is 4. The molecule has 0 saturated heterocycles. The van der Waals surface area contributed by atoms with Crippen LogP contribution in [0.5, 0.6) is 0 Å². The molecule has 1 saturated carbocycles. The van der Waals surface area contributed by atoms with Crippen molar-refractivity contribution in [3.05, 3.63) is 0 Å². The van der Waals surface area contributed by atoms with Crippen LogP contribution in [0.15, 0.2) is 20.4 Å². The number of amidine groups is 2. The van der Waals surface area contributed by atoms with Crippen molar-refractivity contribution >= 4 is 33.9 Å². The van der Waals surface area contributed by atoms with Crippen molar-refractivity contribution in [2.75, 3.05) is 5.75 Å². The zero-order valence-corrected chi connectivity index (χ0v) is 15.3. The van der Waals surface area contributed by atoms with Crippen LogP contribution in [0.1, 0.15) is 46.0 Å². The number of hydrogen-bond donors (Lipinski definition) is 4. The maximum atomic E-state index is 7.18. The lowest BCUT2D eigenvalue weighted by Crippen LogP contribution is -2.36. The highest BCUT2D eigenvalue weighted by molar-refractivity contribution is 8.15. The fourth-order valence-electron chi connectivity index (χ4n) is 3.14. The molecule has 0 aromatic carbocycles. The maximum absolute atomic E-state index is 7.18. The summed E-state index contributed by atoms with van der Waals surface area (Å²) in [6.45, 7) is 4.61. The molecule has 0 amide bonds. The van der Waals surface area contributed by atoms with Gasteiger partial charge in [-0.1, -0.05) is 50.2 Å². The molecule has 0 bridgehead atoms. The van der Waals surface area contributed by atoms with Gasteiger partial charge in [0, 0.05) is 11.0 Å². The minimum atomic E-state index is 0.243. The number of nitrogens with one attached hydrogen (secondary N) is 2. The molecule has 0 aromatic rings. The van der Waals surface area contributed by atoms with Gasteiger partial charge in [0.2, 0.25) is 10.3 Å². The van der Waals surface area contributed by atoms with E-state index < -0.39 is 0 Å². The molecule has 1 fully saturated rings. The van der Waals surface area contributed by atoms with Crippen LogP contribution < -0.4 is 11.7 Å². The van der Waals surface area contributed by atoms with Crippen LogP contribution in [-0.2, 0) is 0 Å². The first-order chi connectivity index (χ1) is 11.0. The van der Waals surface area contributed by atoms with Gasteiger partial charge in [0.15, 0.2) is 0 Å². The van der Waals surface area contributed by atoms with Gasteiger partial charge in [0.25, 0.3) is 0 Å². The van der Waals surface area contributed by atoms with Gasteiger partial charge in [0.1, 0.15) is 0 Å². The third kappa shape index (κ3) is 6.09. The molecule has 0 aromatic heterocycles. The van der Waals surface area contributed by atoms with E-state index in [0.29, 0.717) is 11.1 Å². The lowest BCUT2D eigenvalue weighted by Gasteiger charge is -2.42. The number of rotatable bonds is 5. The largest absolute Gasteiger partial charge is 0.321 e. The van der Waals surface area contributed by atoms with Gasteiger partial charge in [-0.3, -0.25) is 0 Å². The van der Waals surface area contributed by atoms with Crippen molar-refractivity contribution in [2.24, 2.45) is 43.4 Å². The summed E-state index contributed by atoms with van der Waals surface area (Å²) < 4.78 is 0. The molecule has 1 aliphatic rings. The molecule has 6 N–H and O–H groups in total. The van der Waals surface area contributed by atoms with E-state index in [9.17, 15) is 0 Å². The van der Waals surface area contributed by atoms with Crippen LogP contribution in [0.4, 0.5) is 0 Å². The molecular formula is C13H26N8S2. The molecule has 23 heavy (non-hydrogen) atoms. The van der Waals surface area contributed by atoms with Crippen LogP contribution in [0, 0.1) is 22.4 Å². The number of nitrogens with two attached hydrogens (primary N) is 2. The Hall–Kier alpha value is -1.16. The van der Waals surface area contributed by atoms with E-state index in [-0.39, 0.29) is 15.8 Å². The molecule has 130 valence electrons. The molecule has 0 aliphatic heterocycles. The van der Waals surface area contributed by atoms with Gasteiger partial charge in [-0.05, 0) is 30.6 Å². The Bertz CT molecular complexity index is 463. The summed E-state index contributed by atoms with van der Waals surface area (Å²) in [5.41, 5.74) is 14.4. The smallest absolute Gasteiger partial charge is 0.226 e. The van der Waals surface area contributed by atoms with Crippen LogP contribution in [0.25, 0.3) is 0 Å². The van der Waals surface area contributed by atoms with Crippen molar-refractivity contribution in [1.29, 1.82) is 11.1 Å². The summed E-state index contributed by atoms with van der Waals surface area (Å²) >= 11 is 2.84. The van der Waals surface area contributed by atoms with Crippen molar-refractivity contribution < 1.29 is 0 Å². The second-order valence-electron chi connectivity index (χ2n) is 6.18. The SMILES string of the molecule is CC1(C)CCCCC1C(CCSC(N=N)=NN)SC(N=N)=NN. The minimum Gasteiger partial charge on any atom is -0.321 e. The molecule has 8 nitrogen and oxygen atoms in total. The standard InChI is InChI=1S/C13H26N8S2/c1-13(2)7-4-3-5-9(13)10(23-12(20-16)21-17)6-8-22-11(18-14)19-15/h9-10,14,16H,3-8,15,17H2,1-2H3. The normalized spacial score (nSPS) is 23.3. The van der Waals surface area contributed by atoms with E-state index in [1.165, 1.54) is 42.8 Å². The molecular weight excluding hydrogens is 332 g/mol. The van der Waals surface area contributed by atoms with Crippen molar-refractivity contribution in [3.63, 3.8) is 0 Å². The fraction of sp³-hybridized carbons (Fsp3) is 0.846. The minimum absolute atomic E-state index is 0.243. The molecule has 0 spiro atoms. The second-order valence-corrected chi connectivity index (χ2v) is 8.45. The van der Waals surface area contributed by atoms with Gasteiger partial charge in [-0.2, -0.15) is 10.2 Å². The molecule has 10 heteroatoms. The summed E-state index contributed by atoms with van der Waals surface area (Å²) in [6, 6.07) is 0. The Morgan fingerprint density at radius 1 is 1.17 bits per heavy atom. The first-order valence-corrected chi connectivity index (χ1v) is 9.45. The predicted octanol–water partition coefficient (Wildman–Crippen LogP) is 3.95. The Morgan fingerprint density at radius 2 is 1.83 bits per heavy atom. The predicted molar refractivity (Wildman–Crippen MR) is 97.7 cm³/mol. The summed E-state index contributed by atoms with van der Waals surface area (Å²) in [5.74, 6) is 11.8. The lowest BCUT2D eigenvalue weighted by molar-refractivity contribution is 0.134. The first kappa shape index (κ1) is 19.9. The van der Waals surface area contributed by atoms with E-state index in [0.717, 1.165) is 18.6 Å². The fourth-order valence-corrected chi connectivity index (χ4v) is 5.27. The topological polar surface area (TPSA) is 149 Å². The molecule has 1 rings (SSSR count). The van der Waals surface area contributed by atoms with Crippen molar-refractivity contribution in [1.82, 2.24) is 0 Å². The summed E-state index contributed by atoms with van der Waals surface area (Å²) in [7, 11) is 0. The molecule has 0 heterocycles. The van der Waals surface area contributed by atoms with Gasteiger partial charge in [-0.15, -0.1) is 10.2 Å². The number of thioether (sulfide) groups is 2. The van der Waals surface area contributed by atoms with Gasteiger partial charge in [-0.25, -0.2) is 11.1 Å². The number of hydrogen-bond acceptors (Lipinski definition) is 8. The molecule has 1 aliphatic carbocycles. The highest BCUT2D eigenvalue weighted by atomic mass is 32.2. The van der Waals surface area contributed by atoms with Crippen LogP contribution in [0.2, 0.25) is 0 Å². The molecule has 2 atom stereocenters. The third-order valence-electron chi connectivity index (χ3n) is 4.34. The van der Waals surface area contributed by atoms with Crippen LogP contribution in [-0.4, -0.2) is 21.3 Å². The van der Waals surface area contributed by atoms with E-state index in [1.807, 2.05) is 0 Å². The van der Waals surface area contributed by atoms with E-state index in [1.54, 1.807) is 0 Å². The third-order valence-corrected chi connectivity index (χ3v) is 6.51. The first-order valence-electron chi connectivity index (χ1n) is 7.58. The Balaban J connectivity index is 2.79. The zero-order valence-electron chi connectivity index (χ0n) is 13.7. The van der Waals surface area contributed by atoms with Gasteiger partial charge in [0.05, 0.1) is 0 Å². The lowest BCUT2D eigenvalue weighted by atomic mass is 9.67. The average Bonchev–Trinajstić information content (AvgIpc) is 2.54. The second kappa shape index (κ2) is 9.86. The van der Waals surface area contributed by atoms with Crippen molar-refractivity contribution in [3.8, 4) is 0 Å². The van der Waals surface area contributed by atoms with Crippen LogP contribution in [0.3, 0.4) is 0 Å². The Labute approximate surface area is 145 Å². The van der Waals surface area contributed by atoms with E-state index in [4.69, 9.17) is 22.7 Å². The highest BCUT2D eigenvalue weighted by Crippen LogP contribution is 2.46. The van der Waals surface area contributed by atoms with Gasteiger partial charge < -0.3 is 11.7 Å². The Morgan fingerprint density at radius 3 is 2.35 bits per heavy atom. The molecule has 0 radical (unpaired) electrons. The summed E-state index contributed by atoms with van der Waals surface area (Å²) in [5, 5.41) is 14.6. The maximum Gasteiger partial charge on any atom is 0.226 e. The summed E-state index contributed by atoms with van der Waals surface area (Å²) in [4.78, 5) is 0. The number of hydrazone groups is 2. The Kier molecular flexibility index (Phi) is 8.53. The summed E-state index contributed by atoms with van der Waals surface area (Å²) in [6.07, 6.45) is 5.71. The van der Waals surface area contributed by atoms with E-state index >= 15 is 0 Å². The van der Waals surface area contributed by atoms with E-state index in [2.05, 4.69) is 34.3 Å². The van der Waals surface area contributed by atoms with Gasteiger partial charge >= 0.3 is 0 Å². The zero-order chi connectivity index (χ0) is 17.3.